The lowest BCUT2D eigenvalue weighted by molar-refractivity contribution is -0.137. The van der Waals surface area contributed by atoms with Gasteiger partial charge >= 0.3 is 12.1 Å². The number of aliphatic carboxylic acids is 1. The van der Waals surface area contributed by atoms with Crippen molar-refractivity contribution in [3.8, 4) is 5.75 Å². The molecule has 0 unspecified atom stereocenters. The maximum atomic E-state index is 12.7. The topological polar surface area (TPSA) is 114 Å². The number of nitrogens with one attached hydrogen (secondary N) is 2. The number of benzene rings is 1. The summed E-state index contributed by atoms with van der Waals surface area (Å²) in [6.45, 7) is 7.56. The van der Waals surface area contributed by atoms with Gasteiger partial charge in [-0.25, -0.2) is 4.79 Å². The third-order valence-electron chi connectivity index (χ3n) is 3.55. The van der Waals surface area contributed by atoms with E-state index < -0.39 is 29.6 Å². The molecule has 0 saturated heterocycles. The lowest BCUT2D eigenvalue weighted by Crippen LogP contribution is -2.45. The van der Waals surface area contributed by atoms with Crippen molar-refractivity contribution in [2.45, 2.75) is 65.0 Å². The summed E-state index contributed by atoms with van der Waals surface area (Å²) in [4.78, 5) is 35.4. The van der Waals surface area contributed by atoms with Crippen LogP contribution in [0.1, 0.15) is 53.4 Å². The number of carbonyl (C=O) groups excluding carboxylic acids is 2. The number of ether oxygens (including phenoxy) is 2. The number of anilines is 1. The Balaban J connectivity index is 2.77. The Labute approximate surface area is 165 Å². The molecule has 1 atom stereocenters. The second-order valence-corrected chi connectivity index (χ2v) is 7.29. The zero-order valence-electron chi connectivity index (χ0n) is 16.9. The van der Waals surface area contributed by atoms with Crippen LogP contribution in [0.2, 0.25) is 0 Å². The third-order valence-corrected chi connectivity index (χ3v) is 3.55. The van der Waals surface area contributed by atoms with Gasteiger partial charge in [-0.2, -0.15) is 0 Å². The highest BCUT2D eigenvalue weighted by atomic mass is 16.6. The van der Waals surface area contributed by atoms with Gasteiger partial charge in [0.2, 0.25) is 5.91 Å². The number of amides is 2. The van der Waals surface area contributed by atoms with Gasteiger partial charge in [0.15, 0.2) is 0 Å². The van der Waals surface area contributed by atoms with Crippen molar-refractivity contribution in [2.24, 2.45) is 0 Å². The van der Waals surface area contributed by atoms with Gasteiger partial charge in [-0.1, -0.05) is 12.5 Å². The van der Waals surface area contributed by atoms with E-state index in [0.717, 1.165) is 0 Å². The summed E-state index contributed by atoms with van der Waals surface area (Å²) in [7, 11) is 0. The Morgan fingerprint density at radius 2 is 1.89 bits per heavy atom. The maximum Gasteiger partial charge on any atom is 0.408 e. The lowest BCUT2D eigenvalue weighted by Gasteiger charge is -2.23. The van der Waals surface area contributed by atoms with Crippen LogP contribution < -0.4 is 15.4 Å². The quantitative estimate of drug-likeness (QED) is 0.523. The van der Waals surface area contributed by atoms with Crippen molar-refractivity contribution in [1.82, 2.24) is 5.32 Å². The second kappa shape index (κ2) is 11.2. The fourth-order valence-electron chi connectivity index (χ4n) is 2.40. The third kappa shape index (κ3) is 9.80. The smallest absolute Gasteiger partial charge is 0.408 e. The minimum atomic E-state index is -0.895. The molecule has 28 heavy (non-hydrogen) atoms. The van der Waals surface area contributed by atoms with Crippen LogP contribution in [0.3, 0.4) is 0 Å². The average Bonchev–Trinajstić information content (AvgIpc) is 2.56. The van der Waals surface area contributed by atoms with Crippen molar-refractivity contribution >= 4 is 23.7 Å². The van der Waals surface area contributed by atoms with Crippen LogP contribution in [0, 0.1) is 0 Å². The van der Waals surface area contributed by atoms with Crippen LogP contribution in [0.4, 0.5) is 10.5 Å². The first-order valence-electron chi connectivity index (χ1n) is 9.35. The zero-order chi connectivity index (χ0) is 21.2. The molecule has 2 amide bonds. The number of hydrogen-bond acceptors (Lipinski definition) is 5. The highest BCUT2D eigenvalue weighted by Gasteiger charge is 2.24. The summed E-state index contributed by atoms with van der Waals surface area (Å²) >= 11 is 0. The molecular weight excluding hydrogens is 364 g/mol. The van der Waals surface area contributed by atoms with Crippen molar-refractivity contribution in [2.75, 3.05) is 11.9 Å². The first-order valence-corrected chi connectivity index (χ1v) is 9.35. The van der Waals surface area contributed by atoms with E-state index in [0.29, 0.717) is 37.3 Å². The molecule has 1 rings (SSSR count). The average molecular weight is 394 g/mol. The first kappa shape index (κ1) is 23.3. The van der Waals surface area contributed by atoms with E-state index in [1.807, 2.05) is 6.92 Å². The lowest BCUT2D eigenvalue weighted by atomic mass is 10.1. The summed E-state index contributed by atoms with van der Waals surface area (Å²) < 4.78 is 10.6. The van der Waals surface area contributed by atoms with Gasteiger partial charge in [0.05, 0.1) is 6.61 Å². The molecule has 156 valence electrons. The van der Waals surface area contributed by atoms with Gasteiger partial charge < -0.3 is 25.2 Å². The van der Waals surface area contributed by atoms with E-state index in [9.17, 15) is 14.4 Å². The number of carboxylic acid groups (broad SMARTS) is 1. The second-order valence-electron chi connectivity index (χ2n) is 7.29. The van der Waals surface area contributed by atoms with E-state index in [4.69, 9.17) is 14.6 Å². The van der Waals surface area contributed by atoms with Crippen molar-refractivity contribution in [1.29, 1.82) is 0 Å². The summed E-state index contributed by atoms with van der Waals surface area (Å²) in [5.41, 5.74) is -0.155. The van der Waals surface area contributed by atoms with E-state index in [-0.39, 0.29) is 6.42 Å². The Morgan fingerprint density at radius 3 is 2.50 bits per heavy atom. The SMILES string of the molecule is CCOc1cccc(NC(=O)[C@H](CCCCC(=O)O)NC(=O)OC(C)(C)C)c1. The van der Waals surface area contributed by atoms with Gasteiger partial charge in [-0.15, -0.1) is 0 Å². The highest BCUT2D eigenvalue weighted by Crippen LogP contribution is 2.18. The minimum absolute atomic E-state index is 0.0111. The zero-order valence-corrected chi connectivity index (χ0v) is 16.9. The number of rotatable bonds is 10. The Morgan fingerprint density at radius 1 is 1.18 bits per heavy atom. The van der Waals surface area contributed by atoms with E-state index in [1.165, 1.54) is 0 Å². The van der Waals surface area contributed by atoms with Crippen molar-refractivity contribution < 1.29 is 29.0 Å². The largest absolute Gasteiger partial charge is 0.494 e. The molecule has 1 aromatic carbocycles. The van der Waals surface area contributed by atoms with Crippen LogP contribution in [0.15, 0.2) is 24.3 Å². The summed E-state index contributed by atoms with van der Waals surface area (Å²) in [5, 5.41) is 14.1. The standard InChI is InChI=1S/C20H30N2O6/c1-5-27-15-10-8-9-14(13-15)21-18(25)16(11-6-7-12-17(23)24)22-19(26)28-20(2,3)4/h8-10,13,16H,5-7,11-12H2,1-4H3,(H,21,25)(H,22,26)(H,23,24)/t16-/m0/s1. The molecule has 0 radical (unpaired) electrons. The fraction of sp³-hybridized carbons (Fsp3) is 0.550. The van der Waals surface area contributed by atoms with Gasteiger partial charge in [-0.05, 0) is 52.7 Å². The van der Waals surface area contributed by atoms with Gasteiger partial charge in [-0.3, -0.25) is 9.59 Å². The van der Waals surface area contributed by atoms with Crippen LogP contribution in [0.5, 0.6) is 5.75 Å². The Bertz CT molecular complexity index is 669. The van der Waals surface area contributed by atoms with Crippen LogP contribution in [-0.2, 0) is 14.3 Å². The van der Waals surface area contributed by atoms with E-state index in [2.05, 4.69) is 10.6 Å². The van der Waals surface area contributed by atoms with Crippen LogP contribution in [-0.4, -0.2) is 41.3 Å². The summed E-state index contributed by atoms with van der Waals surface area (Å²) in [6, 6.07) is 6.09. The minimum Gasteiger partial charge on any atom is -0.494 e. The molecule has 8 heteroatoms. The number of unbranched alkanes of at least 4 members (excludes halogenated alkanes) is 1. The normalized spacial score (nSPS) is 12.0. The Hall–Kier alpha value is -2.77. The van der Waals surface area contributed by atoms with Crippen molar-refractivity contribution in [3.05, 3.63) is 24.3 Å². The molecule has 0 heterocycles. The Kier molecular flexibility index (Phi) is 9.27. The van der Waals surface area contributed by atoms with Gasteiger partial charge in [0, 0.05) is 18.2 Å². The number of carbonyl (C=O) groups is 3. The van der Waals surface area contributed by atoms with Crippen LogP contribution in [0.25, 0.3) is 0 Å². The van der Waals surface area contributed by atoms with E-state index in [1.54, 1.807) is 45.0 Å². The molecule has 0 aliphatic heterocycles. The molecule has 0 aromatic heterocycles. The molecule has 8 nitrogen and oxygen atoms in total. The van der Waals surface area contributed by atoms with Crippen molar-refractivity contribution in [3.63, 3.8) is 0 Å². The number of hydrogen-bond donors (Lipinski definition) is 3. The highest BCUT2D eigenvalue weighted by molar-refractivity contribution is 5.96. The molecular formula is C20H30N2O6. The van der Waals surface area contributed by atoms with Gasteiger partial charge in [0.25, 0.3) is 0 Å². The number of alkyl carbamates (subject to hydrolysis) is 1. The maximum absolute atomic E-state index is 12.7. The van der Waals surface area contributed by atoms with Crippen LogP contribution >= 0.6 is 0 Å². The molecule has 0 fully saturated rings. The molecule has 0 aliphatic carbocycles. The van der Waals surface area contributed by atoms with E-state index >= 15 is 0 Å². The fourth-order valence-corrected chi connectivity index (χ4v) is 2.40. The first-order chi connectivity index (χ1) is 13.1. The number of carboxylic acids is 1. The molecule has 1 aromatic rings. The monoisotopic (exact) mass is 394 g/mol. The summed E-state index contributed by atoms with van der Waals surface area (Å²) in [6.07, 6.45) is 0.489. The summed E-state index contributed by atoms with van der Waals surface area (Å²) in [5.74, 6) is -0.679. The molecule has 0 aliphatic rings. The molecule has 0 saturated carbocycles. The predicted octanol–water partition coefficient (Wildman–Crippen LogP) is 3.56. The predicted molar refractivity (Wildman–Crippen MR) is 106 cm³/mol. The molecule has 0 spiro atoms. The van der Waals surface area contributed by atoms with Gasteiger partial charge in [0.1, 0.15) is 17.4 Å². The molecule has 3 N–H and O–H groups in total. The molecule has 0 bridgehead atoms.